The fraction of sp³-hybridized carbons (Fsp3) is 0.727. The van der Waals surface area contributed by atoms with Crippen molar-refractivity contribution in [1.29, 1.82) is 0 Å². The van der Waals surface area contributed by atoms with E-state index in [2.05, 4.69) is 15.5 Å². The molecule has 0 spiro atoms. The molecule has 0 aromatic carbocycles. The maximum Gasteiger partial charge on any atom is 0.390 e. The van der Waals surface area contributed by atoms with Crippen LogP contribution in [0.4, 0.5) is 13.2 Å². The Morgan fingerprint density at radius 3 is 2.48 bits per heavy atom. The highest BCUT2D eigenvalue weighted by Gasteiger charge is 2.32. The minimum Gasteiger partial charge on any atom is -0.310 e. The van der Waals surface area contributed by atoms with E-state index in [4.69, 9.17) is 0 Å². The maximum atomic E-state index is 12.2. The Morgan fingerprint density at radius 2 is 1.95 bits per heavy atom. The van der Waals surface area contributed by atoms with E-state index in [1.54, 1.807) is 0 Å². The molecule has 0 saturated heterocycles. The first kappa shape index (κ1) is 17.9. The third-order valence-corrected chi connectivity index (χ3v) is 4.15. The molecule has 1 unspecified atom stereocenters. The van der Waals surface area contributed by atoms with Gasteiger partial charge in [-0.3, -0.25) is 5.10 Å². The van der Waals surface area contributed by atoms with E-state index in [0.717, 1.165) is 6.92 Å². The van der Waals surface area contributed by atoms with Crippen molar-refractivity contribution in [2.24, 2.45) is 0 Å². The summed E-state index contributed by atoms with van der Waals surface area (Å²) in [6.45, 7) is 5.18. The van der Waals surface area contributed by atoms with Gasteiger partial charge in [-0.05, 0) is 6.92 Å². The van der Waals surface area contributed by atoms with Crippen molar-refractivity contribution in [3.8, 4) is 0 Å². The molecule has 10 heteroatoms. The summed E-state index contributed by atoms with van der Waals surface area (Å²) in [5, 5.41) is 8.76. The summed E-state index contributed by atoms with van der Waals surface area (Å²) in [5.41, 5.74) is 0.371. The minimum absolute atomic E-state index is 0.132. The number of nitrogens with one attached hydrogen (secondary N) is 3. The number of aromatic nitrogens is 2. The second-order valence-corrected chi connectivity index (χ2v) is 6.75. The van der Waals surface area contributed by atoms with Gasteiger partial charge in [0.2, 0.25) is 0 Å². The lowest BCUT2D eigenvalue weighted by atomic mass is 10.2. The average Bonchev–Trinajstić information content (AvgIpc) is 2.71. The Labute approximate surface area is 121 Å². The van der Waals surface area contributed by atoms with E-state index in [1.165, 1.54) is 6.20 Å². The van der Waals surface area contributed by atoms with E-state index in [0.29, 0.717) is 5.56 Å². The van der Waals surface area contributed by atoms with Crippen molar-refractivity contribution in [3.63, 3.8) is 0 Å². The number of sulfonamides is 1. The minimum atomic E-state index is -4.43. The highest BCUT2D eigenvalue weighted by Crippen LogP contribution is 2.22. The van der Waals surface area contributed by atoms with Crippen LogP contribution in [0, 0.1) is 0 Å². The van der Waals surface area contributed by atoms with Crippen LogP contribution in [0.25, 0.3) is 0 Å². The molecule has 1 rings (SSSR count). The molecule has 0 aliphatic carbocycles. The summed E-state index contributed by atoms with van der Waals surface area (Å²) in [6.07, 6.45) is -4.34. The standard InChI is InChI=1S/C11H19F3N4O2S/c1-7(2)15-5-9-6-16-17-10(9)21(19,20)18-8(3)4-11(12,13)14/h6-8,15,18H,4-5H2,1-3H3,(H,16,17). The number of aromatic amines is 1. The number of alkyl halides is 3. The second kappa shape index (κ2) is 6.75. The molecule has 0 aliphatic rings. The predicted octanol–water partition coefficient (Wildman–Crippen LogP) is 1.53. The zero-order valence-corrected chi connectivity index (χ0v) is 12.8. The normalized spacial score (nSPS) is 14.6. The molecular formula is C11H19F3N4O2S. The molecule has 0 saturated carbocycles. The van der Waals surface area contributed by atoms with Gasteiger partial charge in [0.1, 0.15) is 0 Å². The summed E-state index contributed by atoms with van der Waals surface area (Å²) >= 11 is 0. The zero-order valence-electron chi connectivity index (χ0n) is 12.0. The van der Waals surface area contributed by atoms with Gasteiger partial charge in [0.25, 0.3) is 10.0 Å². The summed E-state index contributed by atoms with van der Waals surface area (Å²) in [6, 6.07) is -1.13. The highest BCUT2D eigenvalue weighted by molar-refractivity contribution is 7.89. The number of halogens is 3. The van der Waals surface area contributed by atoms with Gasteiger partial charge in [0, 0.05) is 24.2 Å². The first-order chi connectivity index (χ1) is 9.51. The van der Waals surface area contributed by atoms with Gasteiger partial charge < -0.3 is 5.32 Å². The quantitative estimate of drug-likeness (QED) is 0.708. The molecule has 1 heterocycles. The van der Waals surface area contributed by atoms with Gasteiger partial charge in [-0.25, -0.2) is 13.1 Å². The summed E-state index contributed by atoms with van der Waals surface area (Å²) in [5.74, 6) is 0. The van der Waals surface area contributed by atoms with Gasteiger partial charge in [-0.15, -0.1) is 0 Å². The van der Waals surface area contributed by atoms with Gasteiger partial charge in [-0.1, -0.05) is 13.8 Å². The van der Waals surface area contributed by atoms with Crippen molar-refractivity contribution in [3.05, 3.63) is 11.8 Å². The lowest BCUT2D eigenvalue weighted by Crippen LogP contribution is -2.36. The molecule has 0 radical (unpaired) electrons. The number of hydrogen-bond acceptors (Lipinski definition) is 4. The first-order valence-electron chi connectivity index (χ1n) is 6.36. The lowest BCUT2D eigenvalue weighted by molar-refractivity contribution is -0.137. The van der Waals surface area contributed by atoms with Crippen LogP contribution in [-0.2, 0) is 16.6 Å². The number of H-pyrrole nitrogens is 1. The Balaban J connectivity index is 2.81. The van der Waals surface area contributed by atoms with Crippen LogP contribution in [0.5, 0.6) is 0 Å². The molecule has 21 heavy (non-hydrogen) atoms. The number of hydrogen-bond donors (Lipinski definition) is 3. The van der Waals surface area contributed by atoms with Crippen molar-refractivity contribution >= 4 is 10.0 Å². The molecule has 0 amide bonds. The van der Waals surface area contributed by atoms with Crippen molar-refractivity contribution in [2.45, 2.75) is 57.0 Å². The van der Waals surface area contributed by atoms with Crippen LogP contribution < -0.4 is 10.0 Å². The predicted molar refractivity (Wildman–Crippen MR) is 71.0 cm³/mol. The third-order valence-electron chi connectivity index (χ3n) is 2.54. The number of nitrogens with zero attached hydrogens (tertiary/aromatic N) is 1. The fourth-order valence-electron chi connectivity index (χ4n) is 1.68. The zero-order chi connectivity index (χ0) is 16.3. The van der Waals surface area contributed by atoms with Crippen LogP contribution in [0.1, 0.15) is 32.8 Å². The molecule has 0 aliphatic heterocycles. The summed E-state index contributed by atoms with van der Waals surface area (Å²) in [4.78, 5) is 0. The Morgan fingerprint density at radius 1 is 1.33 bits per heavy atom. The first-order valence-corrected chi connectivity index (χ1v) is 7.84. The third kappa shape index (κ3) is 6.02. The smallest absolute Gasteiger partial charge is 0.310 e. The molecule has 0 bridgehead atoms. The van der Waals surface area contributed by atoms with Crippen LogP contribution in [0.15, 0.2) is 11.2 Å². The Hall–Kier alpha value is -1.13. The lowest BCUT2D eigenvalue weighted by Gasteiger charge is -2.16. The van der Waals surface area contributed by atoms with Crippen molar-refractivity contribution < 1.29 is 21.6 Å². The van der Waals surface area contributed by atoms with Crippen LogP contribution >= 0.6 is 0 Å². The van der Waals surface area contributed by atoms with E-state index in [9.17, 15) is 21.6 Å². The van der Waals surface area contributed by atoms with E-state index in [1.807, 2.05) is 18.6 Å². The Kier molecular flexibility index (Phi) is 5.76. The van der Waals surface area contributed by atoms with E-state index < -0.39 is 28.7 Å². The van der Waals surface area contributed by atoms with Gasteiger partial charge in [-0.2, -0.15) is 18.3 Å². The topological polar surface area (TPSA) is 86.9 Å². The van der Waals surface area contributed by atoms with Crippen LogP contribution in [-0.4, -0.2) is 36.9 Å². The SMILES string of the molecule is CC(C)NCc1cn[nH]c1S(=O)(=O)NC(C)CC(F)(F)F. The molecule has 1 atom stereocenters. The molecule has 0 fully saturated rings. The van der Waals surface area contributed by atoms with E-state index >= 15 is 0 Å². The second-order valence-electron chi connectivity index (χ2n) is 5.10. The van der Waals surface area contributed by atoms with Gasteiger partial charge in [0.15, 0.2) is 5.03 Å². The molecule has 6 nitrogen and oxygen atoms in total. The monoisotopic (exact) mass is 328 g/mol. The van der Waals surface area contributed by atoms with Gasteiger partial charge >= 0.3 is 6.18 Å². The molecule has 1 aromatic heterocycles. The maximum absolute atomic E-state index is 12.2. The van der Waals surface area contributed by atoms with Crippen LogP contribution in [0.2, 0.25) is 0 Å². The fourth-order valence-corrected chi connectivity index (χ4v) is 3.06. The molecule has 122 valence electrons. The molecule has 3 N–H and O–H groups in total. The highest BCUT2D eigenvalue weighted by atomic mass is 32.2. The van der Waals surface area contributed by atoms with Crippen molar-refractivity contribution in [1.82, 2.24) is 20.2 Å². The average molecular weight is 328 g/mol. The largest absolute Gasteiger partial charge is 0.390 e. The molecular weight excluding hydrogens is 309 g/mol. The number of rotatable bonds is 7. The Bertz CT molecular complexity index is 554. The summed E-state index contributed by atoms with van der Waals surface area (Å²) in [7, 11) is -4.08. The summed E-state index contributed by atoms with van der Waals surface area (Å²) < 4.78 is 62.9. The van der Waals surface area contributed by atoms with E-state index in [-0.39, 0.29) is 17.6 Å². The van der Waals surface area contributed by atoms with Crippen LogP contribution in [0.3, 0.4) is 0 Å². The molecule has 1 aromatic rings. The van der Waals surface area contributed by atoms with Gasteiger partial charge in [0.05, 0.1) is 12.6 Å². The van der Waals surface area contributed by atoms with Crippen molar-refractivity contribution in [2.75, 3.05) is 0 Å².